The average molecular weight is 409 g/mol. The van der Waals surface area contributed by atoms with Gasteiger partial charge in [0, 0.05) is 5.02 Å². The zero-order valence-electron chi connectivity index (χ0n) is 9.12. The smallest absolute Gasteiger partial charge is 0.259 e. The number of halogens is 4. The number of nitrogens with one attached hydrogen (secondary N) is 1. The number of hydrogen-bond donors (Lipinski definition) is 1. The van der Waals surface area contributed by atoms with Gasteiger partial charge in [0.1, 0.15) is 15.0 Å². The Morgan fingerprint density at radius 3 is 2.79 bits per heavy atom. The highest BCUT2D eigenvalue weighted by molar-refractivity contribution is 9.11. The topological polar surface area (TPSA) is 54.9 Å². The Bertz CT molecular complexity index is 654. The fraction of sp³-hybridized carbons (Fsp3) is 0. The van der Waals surface area contributed by atoms with Gasteiger partial charge in [-0.25, -0.2) is 14.4 Å². The van der Waals surface area contributed by atoms with Crippen molar-refractivity contribution in [3.63, 3.8) is 0 Å². The molecule has 2 aromatic rings. The van der Waals surface area contributed by atoms with E-state index in [1.807, 2.05) is 0 Å². The quantitative estimate of drug-likeness (QED) is 0.814. The molecule has 2 rings (SSSR count). The van der Waals surface area contributed by atoms with E-state index in [2.05, 4.69) is 47.1 Å². The SMILES string of the molecule is O=C(Nc1ncc(Br)nc1Br)c1cc(Cl)ccc1F. The number of amides is 1. The van der Waals surface area contributed by atoms with Crippen LogP contribution in [0.5, 0.6) is 0 Å². The van der Waals surface area contributed by atoms with E-state index in [0.717, 1.165) is 6.07 Å². The summed E-state index contributed by atoms with van der Waals surface area (Å²) in [6, 6.07) is 3.73. The van der Waals surface area contributed by atoms with Crippen molar-refractivity contribution in [2.45, 2.75) is 0 Å². The standard InChI is InChI=1S/C11H5Br2ClFN3O/c12-8-4-16-10(9(13)17-8)18-11(19)6-3-5(14)1-2-7(6)15/h1-4H,(H,16,18,19). The van der Waals surface area contributed by atoms with E-state index >= 15 is 0 Å². The van der Waals surface area contributed by atoms with Gasteiger partial charge in [0.05, 0.1) is 11.8 Å². The van der Waals surface area contributed by atoms with E-state index in [-0.39, 0.29) is 16.4 Å². The minimum Gasteiger partial charge on any atom is -0.304 e. The molecular formula is C11H5Br2ClFN3O. The molecule has 0 saturated carbocycles. The van der Waals surface area contributed by atoms with Crippen molar-refractivity contribution in [1.29, 1.82) is 0 Å². The number of benzene rings is 1. The molecule has 1 aromatic heterocycles. The highest BCUT2D eigenvalue weighted by atomic mass is 79.9. The van der Waals surface area contributed by atoms with Crippen LogP contribution in [0.1, 0.15) is 10.4 Å². The fourth-order valence-corrected chi connectivity index (χ4v) is 2.36. The molecule has 1 heterocycles. The van der Waals surface area contributed by atoms with Crippen molar-refractivity contribution in [2.24, 2.45) is 0 Å². The van der Waals surface area contributed by atoms with Crippen molar-refractivity contribution >= 4 is 55.2 Å². The van der Waals surface area contributed by atoms with Gasteiger partial charge in [-0.2, -0.15) is 0 Å². The van der Waals surface area contributed by atoms with Crippen molar-refractivity contribution in [3.8, 4) is 0 Å². The number of anilines is 1. The molecule has 0 saturated heterocycles. The average Bonchev–Trinajstić information content (AvgIpc) is 2.35. The number of rotatable bonds is 2. The van der Waals surface area contributed by atoms with Crippen LogP contribution in [0.4, 0.5) is 10.2 Å². The van der Waals surface area contributed by atoms with Gasteiger partial charge in [-0.3, -0.25) is 4.79 Å². The van der Waals surface area contributed by atoms with E-state index in [0.29, 0.717) is 9.21 Å². The molecular weight excluding hydrogens is 404 g/mol. The molecule has 0 unspecified atom stereocenters. The molecule has 8 heteroatoms. The molecule has 1 aromatic carbocycles. The third-order valence-corrected chi connectivity index (χ3v) is 3.28. The van der Waals surface area contributed by atoms with E-state index in [1.54, 1.807) is 0 Å². The maximum atomic E-state index is 13.5. The Hall–Kier alpha value is -1.05. The van der Waals surface area contributed by atoms with Crippen LogP contribution in [-0.4, -0.2) is 15.9 Å². The zero-order valence-corrected chi connectivity index (χ0v) is 13.1. The lowest BCUT2D eigenvalue weighted by molar-refractivity contribution is 0.102. The zero-order chi connectivity index (χ0) is 14.0. The van der Waals surface area contributed by atoms with Gasteiger partial charge < -0.3 is 5.32 Å². The maximum absolute atomic E-state index is 13.5. The molecule has 0 radical (unpaired) electrons. The first-order valence-electron chi connectivity index (χ1n) is 4.92. The second-order valence-corrected chi connectivity index (χ2v) is 5.41. The number of carbonyl (C=O) groups is 1. The summed E-state index contributed by atoms with van der Waals surface area (Å²) in [5.74, 6) is -1.13. The van der Waals surface area contributed by atoms with Crippen LogP contribution in [0, 0.1) is 5.82 Å². The normalized spacial score (nSPS) is 10.3. The molecule has 0 aliphatic rings. The molecule has 1 amide bonds. The summed E-state index contributed by atoms with van der Waals surface area (Å²) in [6.45, 7) is 0. The summed E-state index contributed by atoms with van der Waals surface area (Å²) < 4.78 is 14.3. The summed E-state index contributed by atoms with van der Waals surface area (Å²) >= 11 is 12.0. The Morgan fingerprint density at radius 2 is 2.11 bits per heavy atom. The third-order valence-electron chi connectivity index (χ3n) is 2.11. The molecule has 0 spiro atoms. The van der Waals surface area contributed by atoms with Crippen LogP contribution < -0.4 is 5.32 Å². The monoisotopic (exact) mass is 407 g/mol. The second-order valence-electron chi connectivity index (χ2n) is 3.41. The molecule has 4 nitrogen and oxygen atoms in total. The summed E-state index contributed by atoms with van der Waals surface area (Å²) in [5.41, 5.74) is -0.163. The minimum absolute atomic E-state index is 0.163. The summed E-state index contributed by atoms with van der Waals surface area (Å²) in [6.07, 6.45) is 1.41. The molecule has 0 aliphatic heterocycles. The van der Waals surface area contributed by atoms with Gasteiger partial charge in [0.2, 0.25) is 0 Å². The Balaban J connectivity index is 2.28. The molecule has 0 atom stereocenters. The maximum Gasteiger partial charge on any atom is 0.259 e. The van der Waals surface area contributed by atoms with Crippen molar-refractivity contribution < 1.29 is 9.18 Å². The number of carbonyl (C=O) groups excluding carboxylic acids is 1. The van der Waals surface area contributed by atoms with Gasteiger partial charge in [-0.15, -0.1) is 0 Å². The first-order chi connectivity index (χ1) is 8.97. The van der Waals surface area contributed by atoms with Crippen LogP contribution in [0.15, 0.2) is 33.6 Å². The van der Waals surface area contributed by atoms with Crippen molar-refractivity contribution in [1.82, 2.24) is 9.97 Å². The second kappa shape index (κ2) is 5.94. The summed E-state index contributed by atoms with van der Waals surface area (Å²) in [5, 5.41) is 2.71. The number of aromatic nitrogens is 2. The third kappa shape index (κ3) is 3.49. The Morgan fingerprint density at radius 1 is 1.37 bits per heavy atom. The van der Waals surface area contributed by atoms with E-state index in [1.165, 1.54) is 18.3 Å². The minimum atomic E-state index is -0.664. The van der Waals surface area contributed by atoms with E-state index < -0.39 is 11.7 Å². The van der Waals surface area contributed by atoms with Gasteiger partial charge in [-0.05, 0) is 50.1 Å². The molecule has 0 aliphatic carbocycles. The van der Waals surface area contributed by atoms with Crippen LogP contribution in [0.3, 0.4) is 0 Å². The highest BCUT2D eigenvalue weighted by Crippen LogP contribution is 2.21. The van der Waals surface area contributed by atoms with Crippen molar-refractivity contribution in [2.75, 3.05) is 5.32 Å². The van der Waals surface area contributed by atoms with Crippen LogP contribution in [0.25, 0.3) is 0 Å². The van der Waals surface area contributed by atoms with E-state index in [9.17, 15) is 9.18 Å². The fourth-order valence-electron chi connectivity index (χ4n) is 1.28. The van der Waals surface area contributed by atoms with Gasteiger partial charge in [0.15, 0.2) is 5.82 Å². The lowest BCUT2D eigenvalue weighted by Crippen LogP contribution is -2.15. The van der Waals surface area contributed by atoms with Crippen LogP contribution >= 0.6 is 43.5 Å². The first kappa shape index (κ1) is 14.4. The largest absolute Gasteiger partial charge is 0.304 e. The van der Waals surface area contributed by atoms with Gasteiger partial charge in [0.25, 0.3) is 5.91 Å². The summed E-state index contributed by atoms with van der Waals surface area (Å²) in [4.78, 5) is 19.9. The van der Waals surface area contributed by atoms with Crippen LogP contribution in [-0.2, 0) is 0 Å². The Kier molecular flexibility index (Phi) is 4.49. The van der Waals surface area contributed by atoms with Crippen LogP contribution in [0.2, 0.25) is 5.02 Å². The summed E-state index contributed by atoms with van der Waals surface area (Å²) in [7, 11) is 0. The predicted molar refractivity (Wildman–Crippen MR) is 76.8 cm³/mol. The molecule has 1 N–H and O–H groups in total. The predicted octanol–water partition coefficient (Wildman–Crippen LogP) is 4.05. The molecule has 0 fully saturated rings. The van der Waals surface area contributed by atoms with E-state index in [4.69, 9.17) is 11.6 Å². The first-order valence-corrected chi connectivity index (χ1v) is 6.88. The number of nitrogens with zero attached hydrogens (tertiary/aromatic N) is 2. The van der Waals surface area contributed by atoms with Gasteiger partial charge in [-0.1, -0.05) is 11.6 Å². The van der Waals surface area contributed by atoms with Crippen molar-refractivity contribution in [3.05, 3.63) is 50.0 Å². The molecule has 19 heavy (non-hydrogen) atoms. The molecule has 98 valence electrons. The van der Waals surface area contributed by atoms with Gasteiger partial charge >= 0.3 is 0 Å². The number of hydrogen-bond acceptors (Lipinski definition) is 3. The lowest BCUT2D eigenvalue weighted by Gasteiger charge is -2.07. The molecule has 0 bridgehead atoms. The lowest BCUT2D eigenvalue weighted by atomic mass is 10.2. The highest BCUT2D eigenvalue weighted by Gasteiger charge is 2.15. The Labute approximate surface area is 129 Å².